The van der Waals surface area contributed by atoms with Gasteiger partial charge in [0, 0.05) is 25.1 Å². The quantitative estimate of drug-likeness (QED) is 0.764. The van der Waals surface area contributed by atoms with Crippen molar-refractivity contribution < 1.29 is 0 Å². The minimum absolute atomic E-state index is 0.629. The topological polar surface area (TPSA) is 61.7 Å². The van der Waals surface area contributed by atoms with Crippen molar-refractivity contribution >= 4 is 10.9 Å². The molecule has 2 N–H and O–H groups in total. The molecule has 0 bridgehead atoms. The largest absolute Gasteiger partial charge is 0.331 e. The number of hydrogen-bond donors (Lipinski definition) is 1. The second-order valence-electron chi connectivity index (χ2n) is 4.66. The minimum atomic E-state index is 0.629. The average Bonchev–Trinajstić information content (AvgIpc) is 2.97. The van der Waals surface area contributed by atoms with Gasteiger partial charge in [0.25, 0.3) is 0 Å². The molecule has 0 aliphatic carbocycles. The molecule has 0 spiro atoms. The zero-order chi connectivity index (χ0) is 13.2. The fraction of sp³-hybridized carbons (Fsp3) is 0.286. The molecular weight excluding hydrogens is 238 g/mol. The van der Waals surface area contributed by atoms with Crippen molar-refractivity contribution in [2.24, 2.45) is 12.8 Å². The Hall–Kier alpha value is -2.14. The Labute approximate surface area is 111 Å². The van der Waals surface area contributed by atoms with Crippen molar-refractivity contribution in [2.45, 2.75) is 13.0 Å². The zero-order valence-corrected chi connectivity index (χ0v) is 11.0. The molecule has 5 nitrogen and oxygen atoms in total. The van der Waals surface area contributed by atoms with Gasteiger partial charge in [-0.15, -0.1) is 0 Å². The molecule has 0 atom stereocenters. The van der Waals surface area contributed by atoms with E-state index in [9.17, 15) is 0 Å². The highest BCUT2D eigenvalue weighted by atomic mass is 15.3. The van der Waals surface area contributed by atoms with Gasteiger partial charge in [-0.2, -0.15) is 5.10 Å². The average molecular weight is 255 g/mol. The van der Waals surface area contributed by atoms with Crippen LogP contribution in [0.1, 0.15) is 11.4 Å². The van der Waals surface area contributed by atoms with E-state index in [0.717, 1.165) is 29.9 Å². The lowest BCUT2D eigenvalue weighted by Gasteiger charge is -1.98. The summed E-state index contributed by atoms with van der Waals surface area (Å²) in [5, 5.41) is 5.78. The molecule has 0 unspecified atom stereocenters. The summed E-state index contributed by atoms with van der Waals surface area (Å²) in [6.45, 7) is 1.36. The predicted octanol–water partition coefficient (Wildman–Crippen LogP) is 1.32. The summed E-state index contributed by atoms with van der Waals surface area (Å²) in [6, 6.07) is 8.26. The number of nitrogens with zero attached hydrogens (tertiary/aromatic N) is 4. The third-order valence-electron chi connectivity index (χ3n) is 3.25. The van der Waals surface area contributed by atoms with Crippen molar-refractivity contribution in [3.8, 4) is 0 Å². The van der Waals surface area contributed by atoms with Crippen LogP contribution in [0.2, 0.25) is 0 Å². The number of nitrogens with two attached hydrogens (primary N) is 1. The molecule has 3 rings (SSSR count). The van der Waals surface area contributed by atoms with Gasteiger partial charge in [-0.1, -0.05) is 18.2 Å². The van der Waals surface area contributed by atoms with Gasteiger partial charge in [0.05, 0.1) is 29.8 Å². The second kappa shape index (κ2) is 4.85. The molecule has 0 saturated heterocycles. The van der Waals surface area contributed by atoms with Gasteiger partial charge in [0.1, 0.15) is 0 Å². The summed E-state index contributed by atoms with van der Waals surface area (Å²) in [5.41, 5.74) is 8.78. The highest BCUT2D eigenvalue weighted by molar-refractivity contribution is 5.81. The molecule has 0 saturated carbocycles. The van der Waals surface area contributed by atoms with Gasteiger partial charge in [0.2, 0.25) is 0 Å². The first-order valence-corrected chi connectivity index (χ1v) is 6.39. The fourth-order valence-electron chi connectivity index (χ4n) is 2.35. The Morgan fingerprint density at radius 3 is 2.95 bits per heavy atom. The Bertz CT molecular complexity index is 695. The molecule has 5 heteroatoms. The number of aryl methyl sites for hydroxylation is 1. The smallest absolute Gasteiger partial charge is 0.0953 e. The molecule has 0 fully saturated rings. The van der Waals surface area contributed by atoms with E-state index in [1.165, 1.54) is 5.39 Å². The van der Waals surface area contributed by atoms with E-state index in [1.807, 2.05) is 36.4 Å². The molecule has 0 radical (unpaired) electrons. The Morgan fingerprint density at radius 2 is 2.11 bits per heavy atom. The summed E-state index contributed by atoms with van der Waals surface area (Å²) >= 11 is 0. The molecule has 0 aliphatic heterocycles. The van der Waals surface area contributed by atoms with Crippen molar-refractivity contribution in [2.75, 3.05) is 6.54 Å². The van der Waals surface area contributed by atoms with Crippen LogP contribution in [0.3, 0.4) is 0 Å². The SMILES string of the molecule is Cn1nc(Cn2cnc(CCN)c2)c2ccccc21. The molecule has 98 valence electrons. The number of fused-ring (bicyclic) bond motifs is 1. The highest BCUT2D eigenvalue weighted by Crippen LogP contribution is 2.18. The predicted molar refractivity (Wildman–Crippen MR) is 74.8 cm³/mol. The summed E-state index contributed by atoms with van der Waals surface area (Å²) in [6.07, 6.45) is 4.70. The van der Waals surface area contributed by atoms with E-state index in [2.05, 4.69) is 26.8 Å². The lowest BCUT2D eigenvalue weighted by Crippen LogP contribution is -2.03. The monoisotopic (exact) mass is 255 g/mol. The minimum Gasteiger partial charge on any atom is -0.331 e. The van der Waals surface area contributed by atoms with Gasteiger partial charge in [0.15, 0.2) is 0 Å². The maximum Gasteiger partial charge on any atom is 0.0953 e. The number of hydrogen-bond acceptors (Lipinski definition) is 3. The Balaban J connectivity index is 1.92. The molecule has 0 amide bonds. The van der Waals surface area contributed by atoms with Crippen LogP contribution in [0.25, 0.3) is 10.9 Å². The van der Waals surface area contributed by atoms with Crippen LogP contribution in [0.5, 0.6) is 0 Å². The lowest BCUT2D eigenvalue weighted by atomic mass is 10.2. The molecular formula is C14H17N5. The summed E-state index contributed by atoms with van der Waals surface area (Å²) in [4.78, 5) is 4.34. The van der Waals surface area contributed by atoms with Gasteiger partial charge in [-0.05, 0) is 12.6 Å². The Morgan fingerprint density at radius 1 is 1.26 bits per heavy atom. The number of imidazole rings is 1. The molecule has 0 aliphatic rings. The van der Waals surface area contributed by atoms with Crippen LogP contribution in [-0.2, 0) is 20.0 Å². The van der Waals surface area contributed by atoms with Crippen molar-refractivity contribution in [1.82, 2.24) is 19.3 Å². The third-order valence-corrected chi connectivity index (χ3v) is 3.25. The van der Waals surface area contributed by atoms with Crippen LogP contribution < -0.4 is 5.73 Å². The van der Waals surface area contributed by atoms with Crippen molar-refractivity contribution in [3.05, 3.63) is 48.2 Å². The molecule has 2 heterocycles. The first-order chi connectivity index (χ1) is 9.28. The number of rotatable bonds is 4. The summed E-state index contributed by atoms with van der Waals surface area (Å²) in [5.74, 6) is 0. The van der Waals surface area contributed by atoms with Gasteiger partial charge in [-0.25, -0.2) is 4.98 Å². The molecule has 1 aromatic carbocycles. The summed E-state index contributed by atoms with van der Waals surface area (Å²) < 4.78 is 3.97. The third kappa shape index (κ3) is 2.24. The van der Waals surface area contributed by atoms with Crippen LogP contribution >= 0.6 is 0 Å². The normalized spacial score (nSPS) is 11.3. The fourth-order valence-corrected chi connectivity index (χ4v) is 2.35. The first kappa shape index (κ1) is 11.9. The van der Waals surface area contributed by atoms with E-state index in [0.29, 0.717) is 6.54 Å². The standard InChI is InChI=1S/C14H17N5/c1-18-14-5-3-2-4-12(14)13(17-18)9-19-8-11(6-7-15)16-10-19/h2-5,8,10H,6-7,9,15H2,1H3. The van der Waals surface area contributed by atoms with Crippen molar-refractivity contribution in [3.63, 3.8) is 0 Å². The van der Waals surface area contributed by atoms with Gasteiger partial charge >= 0.3 is 0 Å². The van der Waals surface area contributed by atoms with Crippen LogP contribution in [0.15, 0.2) is 36.8 Å². The lowest BCUT2D eigenvalue weighted by molar-refractivity contribution is 0.718. The van der Waals surface area contributed by atoms with E-state index < -0.39 is 0 Å². The van der Waals surface area contributed by atoms with Gasteiger partial charge in [-0.3, -0.25) is 4.68 Å². The second-order valence-corrected chi connectivity index (χ2v) is 4.66. The first-order valence-electron chi connectivity index (χ1n) is 6.39. The number of para-hydroxylation sites is 1. The Kier molecular flexibility index (Phi) is 3.05. The van der Waals surface area contributed by atoms with E-state index in [4.69, 9.17) is 5.73 Å². The highest BCUT2D eigenvalue weighted by Gasteiger charge is 2.08. The van der Waals surface area contributed by atoms with Crippen LogP contribution in [-0.4, -0.2) is 25.9 Å². The molecule has 19 heavy (non-hydrogen) atoms. The molecule has 2 aromatic heterocycles. The van der Waals surface area contributed by atoms with Gasteiger partial charge < -0.3 is 10.3 Å². The number of aromatic nitrogens is 4. The van der Waals surface area contributed by atoms with E-state index in [1.54, 1.807) is 0 Å². The van der Waals surface area contributed by atoms with Crippen molar-refractivity contribution in [1.29, 1.82) is 0 Å². The summed E-state index contributed by atoms with van der Waals surface area (Å²) in [7, 11) is 1.97. The van der Waals surface area contributed by atoms with Crippen LogP contribution in [0.4, 0.5) is 0 Å². The van der Waals surface area contributed by atoms with Crippen LogP contribution in [0, 0.1) is 0 Å². The number of benzene rings is 1. The zero-order valence-electron chi connectivity index (χ0n) is 11.0. The van der Waals surface area contributed by atoms with E-state index >= 15 is 0 Å². The molecule has 3 aromatic rings. The maximum absolute atomic E-state index is 5.54. The van der Waals surface area contributed by atoms with E-state index in [-0.39, 0.29) is 0 Å². The maximum atomic E-state index is 5.54.